The van der Waals surface area contributed by atoms with E-state index in [0.29, 0.717) is 12.3 Å². The summed E-state index contributed by atoms with van der Waals surface area (Å²) in [6.07, 6.45) is 1.89. The van der Waals surface area contributed by atoms with Gasteiger partial charge in [-0.05, 0) is 6.26 Å². The van der Waals surface area contributed by atoms with Crippen LogP contribution in [-0.2, 0) is 4.79 Å². The van der Waals surface area contributed by atoms with Crippen molar-refractivity contribution in [2.45, 2.75) is 13.8 Å². The minimum Gasteiger partial charge on any atom is -0.396 e. The van der Waals surface area contributed by atoms with Crippen LogP contribution in [0.2, 0.25) is 0 Å². The zero-order valence-electron chi connectivity index (χ0n) is 7.89. The predicted octanol–water partition coefficient (Wildman–Crippen LogP) is 0.484. The summed E-state index contributed by atoms with van der Waals surface area (Å²) in [7, 11) is 0. The Labute approximate surface area is 77.9 Å². The fourth-order valence-corrected chi connectivity index (χ4v) is 0.940. The lowest BCUT2D eigenvalue weighted by atomic mass is 9.95. The Morgan fingerprint density at radius 2 is 2.17 bits per heavy atom. The summed E-state index contributed by atoms with van der Waals surface area (Å²) in [6, 6.07) is 0. The van der Waals surface area contributed by atoms with Crippen LogP contribution in [0.3, 0.4) is 0 Å². The number of rotatable bonds is 5. The van der Waals surface area contributed by atoms with Gasteiger partial charge in [0.15, 0.2) is 0 Å². The molecule has 2 N–H and O–H groups in total. The molecule has 0 aromatic heterocycles. The summed E-state index contributed by atoms with van der Waals surface area (Å²) < 4.78 is 0. The summed E-state index contributed by atoms with van der Waals surface area (Å²) in [4.78, 5) is 11.0. The van der Waals surface area contributed by atoms with E-state index in [-0.39, 0.29) is 17.9 Å². The molecule has 0 unspecified atom stereocenters. The highest BCUT2D eigenvalue weighted by Gasteiger charge is 2.16. The van der Waals surface area contributed by atoms with Gasteiger partial charge in [0.2, 0.25) is 5.91 Å². The molecule has 0 aromatic rings. The molecule has 0 radical (unpaired) electrons. The van der Waals surface area contributed by atoms with Crippen LogP contribution >= 0.6 is 11.8 Å². The smallest absolute Gasteiger partial charge is 0.230 e. The average molecular weight is 191 g/mol. The standard InChI is InChI=1S/C8H17NO2S/c1-8(2,6-10)5-9-7(11)4-12-3/h10H,4-6H2,1-3H3,(H,9,11). The molecule has 0 aliphatic rings. The van der Waals surface area contributed by atoms with Crippen molar-refractivity contribution < 1.29 is 9.90 Å². The molecule has 4 heteroatoms. The quantitative estimate of drug-likeness (QED) is 0.664. The maximum atomic E-state index is 11.0. The van der Waals surface area contributed by atoms with E-state index in [1.807, 2.05) is 20.1 Å². The molecule has 72 valence electrons. The monoisotopic (exact) mass is 191 g/mol. The highest BCUT2D eigenvalue weighted by atomic mass is 32.2. The number of aliphatic hydroxyl groups excluding tert-OH is 1. The van der Waals surface area contributed by atoms with E-state index < -0.39 is 0 Å². The van der Waals surface area contributed by atoms with E-state index in [9.17, 15) is 4.79 Å². The fraction of sp³-hybridized carbons (Fsp3) is 0.875. The normalized spacial score (nSPS) is 11.3. The van der Waals surface area contributed by atoms with Gasteiger partial charge in [-0.15, -0.1) is 0 Å². The minimum absolute atomic E-state index is 0.0315. The van der Waals surface area contributed by atoms with Crippen LogP contribution in [0.4, 0.5) is 0 Å². The maximum Gasteiger partial charge on any atom is 0.230 e. The number of nitrogens with one attached hydrogen (secondary N) is 1. The molecule has 0 aromatic carbocycles. The third-order valence-corrected chi connectivity index (χ3v) is 2.02. The van der Waals surface area contributed by atoms with Crippen molar-refractivity contribution in [1.29, 1.82) is 0 Å². The second-order valence-electron chi connectivity index (χ2n) is 3.53. The lowest BCUT2D eigenvalue weighted by Crippen LogP contribution is -2.36. The highest BCUT2D eigenvalue weighted by Crippen LogP contribution is 2.10. The molecule has 0 spiro atoms. The zero-order chi connectivity index (χ0) is 9.61. The fourth-order valence-electron chi connectivity index (χ4n) is 0.576. The lowest BCUT2D eigenvalue weighted by molar-refractivity contribution is -0.119. The van der Waals surface area contributed by atoms with Crippen molar-refractivity contribution in [1.82, 2.24) is 5.32 Å². The first-order valence-electron chi connectivity index (χ1n) is 3.88. The van der Waals surface area contributed by atoms with E-state index in [0.717, 1.165) is 0 Å². The predicted molar refractivity (Wildman–Crippen MR) is 52.3 cm³/mol. The van der Waals surface area contributed by atoms with Gasteiger partial charge in [0.05, 0.1) is 5.75 Å². The summed E-state index contributed by atoms with van der Waals surface area (Å²) >= 11 is 1.49. The molecule has 1 amide bonds. The lowest BCUT2D eigenvalue weighted by Gasteiger charge is -2.21. The number of hydrogen-bond acceptors (Lipinski definition) is 3. The van der Waals surface area contributed by atoms with Gasteiger partial charge in [0, 0.05) is 18.6 Å². The molecule has 0 fully saturated rings. The number of carbonyl (C=O) groups excluding carboxylic acids is 1. The molecular weight excluding hydrogens is 174 g/mol. The van der Waals surface area contributed by atoms with Gasteiger partial charge < -0.3 is 10.4 Å². The molecule has 0 aliphatic carbocycles. The van der Waals surface area contributed by atoms with Crippen molar-refractivity contribution in [2.24, 2.45) is 5.41 Å². The van der Waals surface area contributed by atoms with Gasteiger partial charge in [-0.2, -0.15) is 11.8 Å². The first-order valence-corrected chi connectivity index (χ1v) is 5.28. The van der Waals surface area contributed by atoms with Gasteiger partial charge in [-0.3, -0.25) is 4.79 Å². The van der Waals surface area contributed by atoms with E-state index in [1.165, 1.54) is 11.8 Å². The SMILES string of the molecule is CSCC(=O)NCC(C)(C)CO. The van der Waals surface area contributed by atoms with Crippen molar-refractivity contribution in [3.63, 3.8) is 0 Å². The van der Waals surface area contributed by atoms with Crippen LogP contribution in [0.15, 0.2) is 0 Å². The van der Waals surface area contributed by atoms with Gasteiger partial charge in [-0.1, -0.05) is 13.8 Å². The summed E-state index contributed by atoms with van der Waals surface area (Å²) in [6.45, 7) is 4.44. The highest BCUT2D eigenvalue weighted by molar-refractivity contribution is 7.99. The summed E-state index contributed by atoms with van der Waals surface area (Å²) in [5.74, 6) is 0.519. The Bertz CT molecular complexity index is 148. The molecule has 0 saturated heterocycles. The molecule has 0 bridgehead atoms. The summed E-state index contributed by atoms with van der Waals surface area (Å²) in [5, 5.41) is 11.6. The molecule has 0 rings (SSSR count). The molecule has 3 nitrogen and oxygen atoms in total. The Hall–Kier alpha value is -0.220. The number of thioether (sulfide) groups is 1. The third kappa shape index (κ3) is 5.43. The minimum atomic E-state index is -0.214. The van der Waals surface area contributed by atoms with Crippen LogP contribution in [0.25, 0.3) is 0 Å². The topological polar surface area (TPSA) is 49.3 Å². The van der Waals surface area contributed by atoms with Crippen molar-refractivity contribution >= 4 is 17.7 Å². The molecule has 0 saturated carbocycles. The van der Waals surface area contributed by atoms with Gasteiger partial charge in [0.25, 0.3) is 0 Å². The van der Waals surface area contributed by atoms with Gasteiger partial charge in [0.1, 0.15) is 0 Å². The van der Waals surface area contributed by atoms with E-state index in [2.05, 4.69) is 5.32 Å². The molecule has 0 atom stereocenters. The number of hydrogen-bond donors (Lipinski definition) is 2. The third-order valence-electron chi connectivity index (χ3n) is 1.47. The average Bonchev–Trinajstić information content (AvgIpc) is 2.02. The van der Waals surface area contributed by atoms with Crippen LogP contribution < -0.4 is 5.32 Å². The first kappa shape index (κ1) is 11.8. The van der Waals surface area contributed by atoms with Crippen LogP contribution in [0.1, 0.15) is 13.8 Å². The molecular formula is C8H17NO2S. The van der Waals surface area contributed by atoms with Crippen LogP contribution in [0, 0.1) is 5.41 Å². The second kappa shape index (κ2) is 5.43. The number of aliphatic hydroxyl groups is 1. The second-order valence-corrected chi connectivity index (χ2v) is 4.40. The van der Waals surface area contributed by atoms with Gasteiger partial charge >= 0.3 is 0 Å². The molecule has 12 heavy (non-hydrogen) atoms. The Balaban J connectivity index is 3.60. The van der Waals surface area contributed by atoms with E-state index in [4.69, 9.17) is 5.11 Å². The largest absolute Gasteiger partial charge is 0.396 e. The van der Waals surface area contributed by atoms with E-state index in [1.54, 1.807) is 0 Å². The van der Waals surface area contributed by atoms with Crippen molar-refractivity contribution in [3.05, 3.63) is 0 Å². The Morgan fingerprint density at radius 1 is 1.58 bits per heavy atom. The Kier molecular flexibility index (Phi) is 5.33. The molecule has 0 heterocycles. The summed E-state index contributed by atoms with van der Waals surface area (Å²) in [5.41, 5.74) is -0.214. The number of amides is 1. The van der Waals surface area contributed by atoms with E-state index >= 15 is 0 Å². The zero-order valence-corrected chi connectivity index (χ0v) is 8.70. The van der Waals surface area contributed by atoms with Crippen LogP contribution in [0.5, 0.6) is 0 Å². The maximum absolute atomic E-state index is 11.0. The van der Waals surface area contributed by atoms with Gasteiger partial charge in [-0.25, -0.2) is 0 Å². The Morgan fingerprint density at radius 3 is 2.58 bits per heavy atom. The number of carbonyl (C=O) groups is 1. The van der Waals surface area contributed by atoms with Crippen molar-refractivity contribution in [2.75, 3.05) is 25.2 Å². The first-order chi connectivity index (χ1) is 5.52. The molecule has 0 aliphatic heterocycles. The van der Waals surface area contributed by atoms with Crippen molar-refractivity contribution in [3.8, 4) is 0 Å². The van der Waals surface area contributed by atoms with Crippen LogP contribution in [-0.4, -0.2) is 36.2 Å².